The van der Waals surface area contributed by atoms with Gasteiger partial charge in [0.2, 0.25) is 5.78 Å². The maximum atomic E-state index is 12.8. The molecule has 4 nitrogen and oxygen atoms in total. The summed E-state index contributed by atoms with van der Waals surface area (Å²) in [6, 6.07) is 12.1. The minimum absolute atomic E-state index is 0.0721. The molecule has 25 heavy (non-hydrogen) atoms. The summed E-state index contributed by atoms with van der Waals surface area (Å²) in [6.45, 7) is 1.39. The van der Waals surface area contributed by atoms with Crippen LogP contribution in [0.15, 0.2) is 46.6 Å². The van der Waals surface area contributed by atoms with Gasteiger partial charge in [-0.3, -0.25) is 9.69 Å². The van der Waals surface area contributed by atoms with Gasteiger partial charge >= 0.3 is 0 Å². The summed E-state index contributed by atoms with van der Waals surface area (Å²) < 4.78 is 12.8. The minimum Gasteiger partial charge on any atom is -0.478 e. The molecule has 3 aliphatic rings. The zero-order valence-corrected chi connectivity index (χ0v) is 15.1. The molecule has 0 unspecified atom stereocenters. The average molecular weight is 398 g/mol. The average Bonchev–Trinajstić information content (AvgIpc) is 3.42. The van der Waals surface area contributed by atoms with E-state index >= 15 is 0 Å². The zero-order valence-electron chi connectivity index (χ0n) is 13.5. The number of carbonyl (C=O) groups excluding carboxylic acids is 1. The fourth-order valence-corrected chi connectivity index (χ4v) is 3.78. The molecule has 2 aromatic carbocycles. The van der Waals surface area contributed by atoms with Gasteiger partial charge in [0, 0.05) is 17.1 Å². The fraction of sp³-hybridized carbons (Fsp3) is 0.250. The van der Waals surface area contributed by atoms with Crippen LogP contribution < -0.4 is 9.47 Å². The number of hydrogen-bond acceptors (Lipinski definition) is 4. The van der Waals surface area contributed by atoms with Crippen LogP contribution in [0.5, 0.6) is 11.5 Å². The van der Waals surface area contributed by atoms with Gasteiger partial charge in [0.15, 0.2) is 5.76 Å². The van der Waals surface area contributed by atoms with Crippen LogP contribution in [0, 0.1) is 0 Å². The van der Waals surface area contributed by atoms with E-state index in [-0.39, 0.29) is 5.78 Å². The van der Waals surface area contributed by atoms with E-state index in [1.165, 1.54) is 12.8 Å². The van der Waals surface area contributed by atoms with Crippen LogP contribution in [0.4, 0.5) is 0 Å². The number of hydrogen-bond donors (Lipinski definition) is 0. The quantitative estimate of drug-likeness (QED) is 0.704. The van der Waals surface area contributed by atoms with Crippen molar-refractivity contribution >= 4 is 27.8 Å². The molecule has 1 saturated carbocycles. The van der Waals surface area contributed by atoms with Crippen molar-refractivity contribution in [2.24, 2.45) is 0 Å². The Morgan fingerprint density at radius 3 is 2.80 bits per heavy atom. The number of carbonyl (C=O) groups is 1. The second-order valence-electron chi connectivity index (χ2n) is 6.63. The van der Waals surface area contributed by atoms with E-state index in [1.54, 1.807) is 6.08 Å². The summed E-state index contributed by atoms with van der Waals surface area (Å²) in [5.74, 6) is 1.77. The Hall–Kier alpha value is -2.11. The molecule has 1 aliphatic carbocycles. The highest BCUT2D eigenvalue weighted by molar-refractivity contribution is 9.10. The molecule has 126 valence electrons. The lowest BCUT2D eigenvalue weighted by Gasteiger charge is -2.29. The molecular weight excluding hydrogens is 382 g/mol. The maximum Gasteiger partial charge on any atom is 0.231 e. The van der Waals surface area contributed by atoms with Gasteiger partial charge in [-0.2, -0.15) is 0 Å². The maximum absolute atomic E-state index is 12.8. The predicted molar refractivity (Wildman–Crippen MR) is 97.6 cm³/mol. The summed E-state index contributed by atoms with van der Waals surface area (Å²) in [7, 11) is 0. The molecule has 0 aromatic heterocycles. The lowest BCUT2D eigenvalue weighted by Crippen LogP contribution is -2.33. The molecule has 5 heteroatoms. The van der Waals surface area contributed by atoms with Crippen molar-refractivity contribution in [1.29, 1.82) is 0 Å². The third-order valence-electron chi connectivity index (χ3n) is 4.90. The van der Waals surface area contributed by atoms with Crippen LogP contribution in [-0.4, -0.2) is 23.5 Å². The molecule has 0 atom stereocenters. The summed E-state index contributed by atoms with van der Waals surface area (Å²) in [5.41, 5.74) is 2.53. The Morgan fingerprint density at radius 2 is 2.00 bits per heavy atom. The van der Waals surface area contributed by atoms with Crippen LogP contribution >= 0.6 is 15.9 Å². The third-order valence-corrected chi connectivity index (χ3v) is 5.62. The highest BCUT2D eigenvalue weighted by Gasteiger charge is 2.37. The summed E-state index contributed by atoms with van der Waals surface area (Å²) in [4.78, 5) is 15.1. The molecule has 0 radical (unpaired) electrons. The second kappa shape index (κ2) is 5.71. The predicted octanol–water partition coefficient (Wildman–Crippen LogP) is 4.38. The molecule has 2 aliphatic heterocycles. The van der Waals surface area contributed by atoms with E-state index in [0.29, 0.717) is 29.8 Å². The molecule has 0 amide bonds. The zero-order chi connectivity index (χ0) is 17.0. The largest absolute Gasteiger partial charge is 0.478 e. The van der Waals surface area contributed by atoms with Gasteiger partial charge in [0.25, 0.3) is 0 Å². The fourth-order valence-electron chi connectivity index (χ4n) is 3.38. The molecule has 2 heterocycles. The molecule has 0 N–H and O–H groups in total. The van der Waals surface area contributed by atoms with Crippen LogP contribution in [0.2, 0.25) is 0 Å². The Bertz CT molecular complexity index is 917. The first-order valence-electron chi connectivity index (χ1n) is 8.42. The lowest BCUT2D eigenvalue weighted by atomic mass is 10.0. The number of allylic oxidation sites excluding steroid dienone is 1. The van der Waals surface area contributed by atoms with Gasteiger partial charge in [-0.1, -0.05) is 34.1 Å². The van der Waals surface area contributed by atoms with Crippen LogP contribution in [0.25, 0.3) is 6.08 Å². The van der Waals surface area contributed by atoms with Crippen molar-refractivity contribution in [3.63, 3.8) is 0 Å². The smallest absolute Gasteiger partial charge is 0.231 e. The number of Topliss-reactive ketones (excluding diaryl/α,β-unsaturated/α-hetero) is 1. The van der Waals surface area contributed by atoms with Gasteiger partial charge in [-0.05, 0) is 42.7 Å². The van der Waals surface area contributed by atoms with Gasteiger partial charge in [-0.15, -0.1) is 0 Å². The van der Waals surface area contributed by atoms with Crippen LogP contribution in [0.1, 0.15) is 34.3 Å². The van der Waals surface area contributed by atoms with E-state index in [4.69, 9.17) is 9.47 Å². The SMILES string of the molecule is O=C1/C(=C/c2ccccc2Br)Oc2c1ccc1c2CN(C2CC2)CO1. The summed E-state index contributed by atoms with van der Waals surface area (Å²) in [5, 5.41) is 0. The monoisotopic (exact) mass is 397 g/mol. The topological polar surface area (TPSA) is 38.8 Å². The first kappa shape index (κ1) is 15.2. The number of ketones is 1. The van der Waals surface area contributed by atoms with E-state index < -0.39 is 0 Å². The molecule has 0 saturated heterocycles. The Kier molecular flexibility index (Phi) is 3.47. The molecule has 0 spiro atoms. The number of nitrogens with zero attached hydrogens (tertiary/aromatic N) is 1. The minimum atomic E-state index is -0.0721. The number of ether oxygens (including phenoxy) is 2. The summed E-state index contributed by atoms with van der Waals surface area (Å²) >= 11 is 3.51. The molecule has 5 rings (SSSR count). The van der Waals surface area contributed by atoms with Gasteiger partial charge in [0.1, 0.15) is 18.2 Å². The van der Waals surface area contributed by atoms with Crippen molar-refractivity contribution in [3.05, 3.63) is 63.3 Å². The van der Waals surface area contributed by atoms with Crippen molar-refractivity contribution in [3.8, 4) is 11.5 Å². The second-order valence-corrected chi connectivity index (χ2v) is 7.49. The van der Waals surface area contributed by atoms with Crippen LogP contribution in [-0.2, 0) is 6.54 Å². The highest BCUT2D eigenvalue weighted by Crippen LogP contribution is 2.43. The van der Waals surface area contributed by atoms with Crippen molar-refractivity contribution in [2.75, 3.05) is 6.73 Å². The third kappa shape index (κ3) is 2.58. The van der Waals surface area contributed by atoms with Gasteiger partial charge in [0.05, 0.1) is 11.1 Å². The standard InChI is InChI=1S/C20H16BrNO3/c21-16-4-2-1-3-12(16)9-18-19(23)14-7-8-17-15(20(14)25-18)10-22(11-24-17)13-5-6-13/h1-4,7-9,13H,5-6,10-11H2/b18-9-. The van der Waals surface area contributed by atoms with E-state index in [1.807, 2.05) is 36.4 Å². The van der Waals surface area contributed by atoms with Crippen molar-refractivity contribution in [2.45, 2.75) is 25.4 Å². The van der Waals surface area contributed by atoms with Gasteiger partial charge in [-0.25, -0.2) is 0 Å². The molecular formula is C20H16BrNO3. The van der Waals surface area contributed by atoms with E-state index in [0.717, 1.165) is 27.9 Å². The number of halogens is 1. The Morgan fingerprint density at radius 1 is 1.16 bits per heavy atom. The van der Waals surface area contributed by atoms with Crippen molar-refractivity contribution < 1.29 is 14.3 Å². The summed E-state index contributed by atoms with van der Waals surface area (Å²) in [6.07, 6.45) is 4.24. The first-order valence-corrected chi connectivity index (χ1v) is 9.21. The number of fused-ring (bicyclic) bond motifs is 3. The lowest BCUT2D eigenvalue weighted by molar-refractivity contribution is 0.0868. The van der Waals surface area contributed by atoms with E-state index in [9.17, 15) is 4.79 Å². The number of benzene rings is 2. The Balaban J connectivity index is 1.53. The highest BCUT2D eigenvalue weighted by atomic mass is 79.9. The first-order chi connectivity index (χ1) is 12.2. The normalized spacial score (nSPS) is 20.8. The molecule has 2 aromatic rings. The number of rotatable bonds is 2. The Labute approximate surface area is 154 Å². The van der Waals surface area contributed by atoms with E-state index in [2.05, 4.69) is 20.8 Å². The molecule has 0 bridgehead atoms. The molecule has 1 fully saturated rings. The van der Waals surface area contributed by atoms with Crippen molar-refractivity contribution in [1.82, 2.24) is 4.90 Å². The van der Waals surface area contributed by atoms with Gasteiger partial charge < -0.3 is 9.47 Å². The van der Waals surface area contributed by atoms with Crippen LogP contribution in [0.3, 0.4) is 0 Å².